The Balaban J connectivity index is 1.77. The third-order valence-electron chi connectivity index (χ3n) is 4.30. The number of pyridine rings is 1. The number of rotatable bonds is 7. The topological polar surface area (TPSA) is 57.3 Å². The summed E-state index contributed by atoms with van der Waals surface area (Å²) in [4.78, 5) is 18.6. The summed E-state index contributed by atoms with van der Waals surface area (Å²) in [6.07, 6.45) is 10.3. The van der Waals surface area contributed by atoms with Gasteiger partial charge in [0.05, 0.1) is 5.56 Å². The van der Waals surface area contributed by atoms with Gasteiger partial charge < -0.3 is 15.5 Å². The molecule has 1 aliphatic carbocycles. The van der Waals surface area contributed by atoms with Gasteiger partial charge in [-0.15, -0.1) is 0 Å². The van der Waals surface area contributed by atoms with Crippen molar-refractivity contribution in [2.24, 2.45) is 0 Å². The smallest absolute Gasteiger partial charge is 0.252 e. The van der Waals surface area contributed by atoms with Gasteiger partial charge in [0.25, 0.3) is 5.91 Å². The van der Waals surface area contributed by atoms with Crippen molar-refractivity contribution in [2.45, 2.75) is 51.0 Å². The van der Waals surface area contributed by atoms with Crippen molar-refractivity contribution in [2.75, 3.05) is 32.5 Å². The Morgan fingerprint density at radius 1 is 1.22 bits per heavy atom. The van der Waals surface area contributed by atoms with Crippen LogP contribution < -0.4 is 10.6 Å². The molecule has 0 spiro atoms. The minimum atomic E-state index is -0.0442. The summed E-state index contributed by atoms with van der Waals surface area (Å²) < 4.78 is 0. The van der Waals surface area contributed by atoms with E-state index in [9.17, 15) is 4.79 Å². The summed E-state index contributed by atoms with van der Waals surface area (Å²) in [5.74, 6) is 0.832. The number of anilines is 1. The summed E-state index contributed by atoms with van der Waals surface area (Å²) in [6, 6.07) is 4.29. The fourth-order valence-electron chi connectivity index (χ4n) is 2.95. The number of aromatic nitrogens is 1. The first-order valence-corrected chi connectivity index (χ1v) is 8.80. The van der Waals surface area contributed by atoms with Gasteiger partial charge in [0.1, 0.15) is 5.82 Å². The third-order valence-corrected chi connectivity index (χ3v) is 4.30. The van der Waals surface area contributed by atoms with Crippen molar-refractivity contribution in [3.05, 3.63) is 23.9 Å². The molecule has 1 aliphatic rings. The van der Waals surface area contributed by atoms with E-state index in [1.54, 1.807) is 6.20 Å². The highest BCUT2D eigenvalue weighted by atomic mass is 16.1. The first-order chi connectivity index (χ1) is 11.1. The summed E-state index contributed by atoms with van der Waals surface area (Å²) in [7, 11) is 4.07. The van der Waals surface area contributed by atoms with Crippen LogP contribution in [-0.2, 0) is 0 Å². The maximum absolute atomic E-state index is 12.1. The van der Waals surface area contributed by atoms with E-state index in [0.717, 1.165) is 18.8 Å². The van der Waals surface area contributed by atoms with Gasteiger partial charge in [-0.2, -0.15) is 0 Å². The van der Waals surface area contributed by atoms with E-state index in [-0.39, 0.29) is 5.91 Å². The molecule has 0 aromatic carbocycles. The molecule has 0 saturated heterocycles. The van der Waals surface area contributed by atoms with E-state index in [4.69, 9.17) is 0 Å². The van der Waals surface area contributed by atoms with Crippen molar-refractivity contribution in [3.63, 3.8) is 0 Å². The highest BCUT2D eigenvalue weighted by Gasteiger charge is 2.12. The first kappa shape index (κ1) is 17.7. The second-order valence-corrected chi connectivity index (χ2v) is 6.68. The van der Waals surface area contributed by atoms with Crippen LogP contribution in [0.2, 0.25) is 0 Å². The maximum Gasteiger partial charge on any atom is 0.252 e. The molecule has 0 unspecified atom stereocenters. The van der Waals surface area contributed by atoms with Gasteiger partial charge in [0, 0.05) is 18.8 Å². The van der Waals surface area contributed by atoms with Crippen LogP contribution in [0.5, 0.6) is 0 Å². The standard InChI is InChI=1S/C18H30N4O/c1-22(2)13-7-12-19-18(23)15-10-11-17(20-14-15)21-16-8-5-3-4-6-9-16/h10-11,14,16H,3-9,12-13H2,1-2H3,(H,19,23)(H,20,21). The summed E-state index contributed by atoms with van der Waals surface area (Å²) >= 11 is 0. The molecule has 5 heteroatoms. The van der Waals surface area contributed by atoms with Gasteiger partial charge in [-0.05, 0) is 52.0 Å². The molecule has 1 heterocycles. The van der Waals surface area contributed by atoms with Crippen molar-refractivity contribution >= 4 is 11.7 Å². The lowest BCUT2D eigenvalue weighted by atomic mass is 10.1. The number of amides is 1. The maximum atomic E-state index is 12.1. The lowest BCUT2D eigenvalue weighted by Gasteiger charge is -2.16. The molecule has 1 amide bonds. The zero-order valence-corrected chi connectivity index (χ0v) is 14.5. The number of carbonyl (C=O) groups excluding carboxylic acids is 1. The van der Waals surface area contributed by atoms with Crippen LogP contribution >= 0.6 is 0 Å². The molecule has 2 N–H and O–H groups in total. The largest absolute Gasteiger partial charge is 0.367 e. The van der Waals surface area contributed by atoms with Gasteiger partial charge in [-0.1, -0.05) is 25.7 Å². The SMILES string of the molecule is CN(C)CCCNC(=O)c1ccc(NC2CCCCCC2)nc1. The van der Waals surface area contributed by atoms with E-state index in [2.05, 4.69) is 20.5 Å². The zero-order valence-electron chi connectivity index (χ0n) is 14.5. The molecule has 0 aliphatic heterocycles. The van der Waals surface area contributed by atoms with Gasteiger partial charge >= 0.3 is 0 Å². The van der Waals surface area contributed by atoms with E-state index in [1.807, 2.05) is 26.2 Å². The fraction of sp³-hybridized carbons (Fsp3) is 0.667. The van der Waals surface area contributed by atoms with Crippen LogP contribution in [0.25, 0.3) is 0 Å². The fourth-order valence-corrected chi connectivity index (χ4v) is 2.95. The Hall–Kier alpha value is -1.62. The minimum absolute atomic E-state index is 0.0442. The van der Waals surface area contributed by atoms with Gasteiger partial charge in [-0.3, -0.25) is 4.79 Å². The molecule has 5 nitrogen and oxygen atoms in total. The van der Waals surface area contributed by atoms with E-state index >= 15 is 0 Å². The van der Waals surface area contributed by atoms with Gasteiger partial charge in [0.2, 0.25) is 0 Å². The molecule has 1 saturated carbocycles. The Morgan fingerprint density at radius 3 is 2.57 bits per heavy atom. The number of nitrogens with zero attached hydrogens (tertiary/aromatic N) is 2. The quantitative estimate of drug-likeness (QED) is 0.599. The van der Waals surface area contributed by atoms with E-state index in [0.29, 0.717) is 18.2 Å². The lowest BCUT2D eigenvalue weighted by Crippen LogP contribution is -2.27. The minimum Gasteiger partial charge on any atom is -0.367 e. The lowest BCUT2D eigenvalue weighted by molar-refractivity contribution is 0.0952. The molecule has 1 aromatic rings. The molecule has 0 bridgehead atoms. The van der Waals surface area contributed by atoms with Crippen LogP contribution in [0.1, 0.15) is 55.3 Å². The van der Waals surface area contributed by atoms with Gasteiger partial charge in [-0.25, -0.2) is 4.98 Å². The molecule has 0 atom stereocenters. The average molecular weight is 318 g/mol. The number of hydrogen-bond donors (Lipinski definition) is 2. The first-order valence-electron chi connectivity index (χ1n) is 8.80. The Labute approximate surface area is 139 Å². The number of carbonyl (C=O) groups is 1. The number of hydrogen-bond acceptors (Lipinski definition) is 4. The third kappa shape index (κ3) is 6.57. The van der Waals surface area contributed by atoms with Crippen molar-refractivity contribution in [1.29, 1.82) is 0 Å². The van der Waals surface area contributed by atoms with Crippen LogP contribution in [0, 0.1) is 0 Å². The molecular formula is C18H30N4O. The van der Waals surface area contributed by atoms with Crippen molar-refractivity contribution in [3.8, 4) is 0 Å². The predicted molar refractivity (Wildman–Crippen MR) is 94.9 cm³/mol. The molecule has 1 fully saturated rings. The molecular weight excluding hydrogens is 288 g/mol. The molecule has 2 rings (SSSR count). The highest BCUT2D eigenvalue weighted by Crippen LogP contribution is 2.20. The zero-order chi connectivity index (χ0) is 16.5. The monoisotopic (exact) mass is 318 g/mol. The van der Waals surface area contributed by atoms with Crippen molar-refractivity contribution in [1.82, 2.24) is 15.2 Å². The van der Waals surface area contributed by atoms with Gasteiger partial charge in [0.15, 0.2) is 0 Å². The highest BCUT2D eigenvalue weighted by molar-refractivity contribution is 5.94. The second-order valence-electron chi connectivity index (χ2n) is 6.68. The second kappa shape index (κ2) is 9.50. The summed E-state index contributed by atoms with van der Waals surface area (Å²) in [5, 5.41) is 6.44. The summed E-state index contributed by atoms with van der Waals surface area (Å²) in [5.41, 5.74) is 0.626. The Bertz CT molecular complexity index is 464. The molecule has 1 aromatic heterocycles. The molecule has 128 valence electrons. The Kier molecular flexibility index (Phi) is 7.33. The van der Waals surface area contributed by atoms with Crippen LogP contribution in [0.4, 0.5) is 5.82 Å². The van der Waals surface area contributed by atoms with Crippen LogP contribution in [0.3, 0.4) is 0 Å². The number of nitrogens with one attached hydrogen (secondary N) is 2. The molecule has 23 heavy (non-hydrogen) atoms. The Morgan fingerprint density at radius 2 is 1.96 bits per heavy atom. The molecule has 0 radical (unpaired) electrons. The summed E-state index contributed by atoms with van der Waals surface area (Å²) in [6.45, 7) is 1.67. The van der Waals surface area contributed by atoms with Crippen LogP contribution in [0.15, 0.2) is 18.3 Å². The normalized spacial score (nSPS) is 16.1. The van der Waals surface area contributed by atoms with E-state index < -0.39 is 0 Å². The van der Waals surface area contributed by atoms with Crippen molar-refractivity contribution < 1.29 is 4.79 Å². The van der Waals surface area contributed by atoms with Crippen LogP contribution in [-0.4, -0.2) is 49.0 Å². The predicted octanol–water partition coefficient (Wildman–Crippen LogP) is 2.90. The van der Waals surface area contributed by atoms with E-state index in [1.165, 1.54) is 38.5 Å². The average Bonchev–Trinajstić information content (AvgIpc) is 2.80.